The molecule has 5 aliphatic rings. The van der Waals surface area contributed by atoms with Crippen LogP contribution in [0.15, 0.2) is 12.2 Å². The second-order valence-corrected chi connectivity index (χ2v) is 14.7. The summed E-state index contributed by atoms with van der Waals surface area (Å²) in [5.74, 6) is 2.38. The van der Waals surface area contributed by atoms with E-state index in [1.807, 2.05) is 0 Å². The number of carboxylic acids is 1. The number of hydrogen-bond acceptors (Lipinski definition) is 1. The van der Waals surface area contributed by atoms with Gasteiger partial charge in [-0.3, -0.25) is 4.79 Å². The highest BCUT2D eigenvalue weighted by Crippen LogP contribution is 2.77. The number of hydrogen-bond donors (Lipinski definition) is 1. The van der Waals surface area contributed by atoms with Gasteiger partial charge in [-0.1, -0.05) is 60.1 Å². The van der Waals surface area contributed by atoms with E-state index in [9.17, 15) is 9.90 Å². The molecule has 1 N–H and O–H groups in total. The molecule has 186 valence electrons. The van der Waals surface area contributed by atoms with E-state index < -0.39 is 11.4 Å². The fourth-order valence-electron chi connectivity index (χ4n) is 11.8. The van der Waals surface area contributed by atoms with E-state index in [0.717, 1.165) is 43.9 Å². The first-order valence-corrected chi connectivity index (χ1v) is 14.3. The maximum atomic E-state index is 12.8. The smallest absolute Gasteiger partial charge is 0.309 e. The number of carboxylic acid groups (broad SMARTS) is 1. The van der Waals surface area contributed by atoms with Gasteiger partial charge in [0.1, 0.15) is 0 Å². The molecule has 2 heteroatoms. The second-order valence-electron chi connectivity index (χ2n) is 14.7. The summed E-state index contributed by atoms with van der Waals surface area (Å²) < 4.78 is 0. The summed E-state index contributed by atoms with van der Waals surface area (Å²) in [5, 5.41) is 10.6. The van der Waals surface area contributed by atoms with Crippen molar-refractivity contribution >= 4 is 5.97 Å². The van der Waals surface area contributed by atoms with Gasteiger partial charge in [0.05, 0.1) is 5.41 Å². The van der Waals surface area contributed by atoms with Gasteiger partial charge < -0.3 is 5.11 Å². The van der Waals surface area contributed by atoms with Crippen LogP contribution >= 0.6 is 0 Å². The summed E-state index contributed by atoms with van der Waals surface area (Å²) in [4.78, 5) is 12.8. The first-order chi connectivity index (χ1) is 15.4. The van der Waals surface area contributed by atoms with Gasteiger partial charge >= 0.3 is 5.97 Å². The lowest BCUT2D eigenvalue weighted by Crippen LogP contribution is -2.66. The summed E-state index contributed by atoms with van der Waals surface area (Å²) >= 11 is 0. The van der Waals surface area contributed by atoms with E-state index in [0.29, 0.717) is 34.0 Å². The maximum Gasteiger partial charge on any atom is 0.309 e. The van der Waals surface area contributed by atoms with Crippen molar-refractivity contribution in [3.05, 3.63) is 12.2 Å². The van der Waals surface area contributed by atoms with E-state index in [4.69, 9.17) is 0 Å². The molecule has 0 saturated heterocycles. The summed E-state index contributed by atoms with van der Waals surface area (Å²) in [5.41, 5.74) is 2.33. The van der Waals surface area contributed by atoms with Gasteiger partial charge in [-0.25, -0.2) is 0 Å². The molecule has 0 amide bonds. The van der Waals surface area contributed by atoms with Crippen LogP contribution in [0.2, 0.25) is 0 Å². The molecule has 5 rings (SSSR count). The Morgan fingerprint density at radius 1 is 0.848 bits per heavy atom. The van der Waals surface area contributed by atoms with Crippen LogP contribution in [-0.2, 0) is 4.79 Å². The van der Waals surface area contributed by atoms with Crippen LogP contribution in [0.3, 0.4) is 0 Å². The molecule has 0 radical (unpaired) electrons. The van der Waals surface area contributed by atoms with Crippen molar-refractivity contribution < 1.29 is 9.90 Å². The molecule has 33 heavy (non-hydrogen) atoms. The molecular formula is C31H50O2. The van der Waals surface area contributed by atoms with Crippen molar-refractivity contribution in [1.29, 1.82) is 0 Å². The highest BCUT2D eigenvalue weighted by Gasteiger charge is 2.71. The van der Waals surface area contributed by atoms with Gasteiger partial charge in [0.15, 0.2) is 0 Å². The zero-order valence-corrected chi connectivity index (χ0v) is 22.4. The standard InChI is InChI=1S/C31H50O2/c1-8-20(2)21-12-17-31(26(32)33)19-18-29(6)22(25(21)31)10-11-24-28(5)15-9-14-27(3,4)23(28)13-16-30(24,29)7/h21-25H,2,8-19H2,1,3-7H3,(H,32,33)/t21?,22?,23?,24?,25?,28?,29-,30?,31?/m1/s1. The van der Waals surface area contributed by atoms with E-state index >= 15 is 0 Å². The average molecular weight is 455 g/mol. The van der Waals surface area contributed by atoms with Crippen LogP contribution in [0, 0.1) is 56.7 Å². The molecule has 0 aromatic rings. The first kappa shape index (κ1) is 23.9. The van der Waals surface area contributed by atoms with Crippen molar-refractivity contribution in [2.75, 3.05) is 0 Å². The predicted octanol–water partition coefficient (Wildman–Crippen LogP) is 8.51. The summed E-state index contributed by atoms with van der Waals surface area (Å²) in [6.45, 7) is 19.8. The van der Waals surface area contributed by atoms with Gasteiger partial charge in [-0.2, -0.15) is 0 Å². The second kappa shape index (κ2) is 7.36. The Labute approximate surface area is 203 Å². The lowest BCUT2D eigenvalue weighted by atomic mass is 9.32. The molecule has 5 fully saturated rings. The minimum absolute atomic E-state index is 0.256. The van der Waals surface area contributed by atoms with Crippen LogP contribution < -0.4 is 0 Å². The Bertz CT molecular complexity index is 842. The molecule has 0 heterocycles. The largest absolute Gasteiger partial charge is 0.481 e. The molecule has 0 aromatic carbocycles. The zero-order chi connectivity index (χ0) is 24.0. The summed E-state index contributed by atoms with van der Waals surface area (Å²) in [6, 6.07) is 0. The minimum Gasteiger partial charge on any atom is -0.481 e. The van der Waals surface area contributed by atoms with E-state index in [1.165, 1.54) is 50.5 Å². The highest BCUT2D eigenvalue weighted by molar-refractivity contribution is 5.76. The van der Waals surface area contributed by atoms with Crippen molar-refractivity contribution in [1.82, 2.24) is 0 Å². The molecule has 8 unspecified atom stereocenters. The quantitative estimate of drug-likeness (QED) is 0.434. The van der Waals surface area contributed by atoms with Crippen LogP contribution in [0.5, 0.6) is 0 Å². The summed E-state index contributed by atoms with van der Waals surface area (Å²) in [6.07, 6.45) is 14.4. The van der Waals surface area contributed by atoms with Crippen molar-refractivity contribution in [3.63, 3.8) is 0 Å². The Kier molecular flexibility index (Phi) is 5.34. The molecule has 0 aliphatic heterocycles. The lowest BCUT2D eigenvalue weighted by molar-refractivity contribution is -0.237. The van der Waals surface area contributed by atoms with E-state index in [1.54, 1.807) is 0 Å². The third-order valence-corrected chi connectivity index (χ3v) is 13.6. The lowest BCUT2D eigenvalue weighted by Gasteiger charge is -2.72. The first-order valence-electron chi connectivity index (χ1n) is 14.3. The summed E-state index contributed by atoms with van der Waals surface area (Å²) in [7, 11) is 0. The molecule has 2 nitrogen and oxygen atoms in total. The minimum atomic E-state index is -0.502. The van der Waals surface area contributed by atoms with Gasteiger partial charge in [0.25, 0.3) is 0 Å². The molecule has 9 atom stereocenters. The van der Waals surface area contributed by atoms with Crippen molar-refractivity contribution in [2.45, 2.75) is 119 Å². The van der Waals surface area contributed by atoms with Crippen molar-refractivity contribution in [3.8, 4) is 0 Å². The van der Waals surface area contributed by atoms with Crippen LogP contribution in [0.25, 0.3) is 0 Å². The van der Waals surface area contributed by atoms with Crippen LogP contribution in [0.1, 0.15) is 119 Å². The molecule has 5 aliphatic carbocycles. The number of rotatable bonds is 3. The van der Waals surface area contributed by atoms with Crippen LogP contribution in [-0.4, -0.2) is 11.1 Å². The monoisotopic (exact) mass is 454 g/mol. The SMILES string of the molecule is C=C(CC)C1CCC2(C(=O)O)CC[C@]3(C)C(CCC4C5(C)CCCC(C)(C)C5CCC43C)C12. The third kappa shape index (κ3) is 2.88. The van der Waals surface area contributed by atoms with Gasteiger partial charge in [-0.15, -0.1) is 0 Å². The Hall–Kier alpha value is -0.790. The maximum absolute atomic E-state index is 12.8. The fraction of sp³-hybridized carbons (Fsp3) is 0.903. The Morgan fingerprint density at radius 2 is 1.58 bits per heavy atom. The molecule has 5 saturated carbocycles. The molecule has 0 bridgehead atoms. The average Bonchev–Trinajstić information content (AvgIpc) is 3.14. The van der Waals surface area contributed by atoms with Crippen LogP contribution in [0.4, 0.5) is 0 Å². The molecular weight excluding hydrogens is 404 g/mol. The van der Waals surface area contributed by atoms with E-state index in [2.05, 4.69) is 48.1 Å². The fourth-order valence-corrected chi connectivity index (χ4v) is 11.8. The number of fused-ring (bicyclic) bond motifs is 7. The van der Waals surface area contributed by atoms with E-state index in [-0.39, 0.29) is 5.41 Å². The zero-order valence-electron chi connectivity index (χ0n) is 22.4. The molecule has 0 spiro atoms. The van der Waals surface area contributed by atoms with Gasteiger partial charge in [0.2, 0.25) is 0 Å². The Balaban J connectivity index is 1.57. The highest BCUT2D eigenvalue weighted by atomic mass is 16.4. The third-order valence-electron chi connectivity index (χ3n) is 13.6. The van der Waals surface area contributed by atoms with Crippen molar-refractivity contribution in [2.24, 2.45) is 56.7 Å². The Morgan fingerprint density at radius 3 is 2.24 bits per heavy atom. The number of carbonyl (C=O) groups is 1. The van der Waals surface area contributed by atoms with Gasteiger partial charge in [0, 0.05) is 0 Å². The predicted molar refractivity (Wildman–Crippen MR) is 136 cm³/mol. The normalized spacial score (nSPS) is 52.7. The number of allylic oxidation sites excluding steroid dienone is 1. The topological polar surface area (TPSA) is 37.3 Å². The molecule has 0 aromatic heterocycles. The van der Waals surface area contributed by atoms with Gasteiger partial charge in [-0.05, 0) is 122 Å². The number of aliphatic carboxylic acids is 1.